The average molecular weight is 415 g/mol. The predicted molar refractivity (Wildman–Crippen MR) is 131 cm³/mol. The second kappa shape index (κ2) is 10.1. The number of fused-ring (bicyclic) bond motifs is 1. The summed E-state index contributed by atoms with van der Waals surface area (Å²) >= 11 is 0. The van der Waals surface area contributed by atoms with Crippen LogP contribution in [0.5, 0.6) is 0 Å². The number of benzene rings is 2. The molecule has 0 saturated heterocycles. The second-order valence-corrected chi connectivity index (χ2v) is 7.93. The summed E-state index contributed by atoms with van der Waals surface area (Å²) in [6.45, 7) is 2.75. The molecule has 160 valence electrons. The molecule has 2 aromatic carbocycles. The van der Waals surface area contributed by atoms with Crippen molar-refractivity contribution in [1.82, 2.24) is 4.98 Å². The van der Waals surface area contributed by atoms with E-state index in [-0.39, 0.29) is 0 Å². The minimum atomic E-state index is -0.441. The molecular formula is C26H30N4O. The first kappa shape index (κ1) is 20.9. The maximum atomic E-state index is 9.98. The van der Waals surface area contributed by atoms with Crippen LogP contribution in [0.1, 0.15) is 31.7 Å². The van der Waals surface area contributed by atoms with Crippen molar-refractivity contribution < 1.29 is 5.11 Å². The molecule has 0 radical (unpaired) electrons. The number of allylic oxidation sites excluding steroid dienone is 2. The van der Waals surface area contributed by atoms with E-state index >= 15 is 0 Å². The molecule has 5 nitrogen and oxygen atoms in total. The standard InChI is InChI=1S/C26H30N4O/c1-19-26(31)9-5-2-6-22(15-17-27-19)30-23-12-10-21(11-13-23)28-16-14-20-18-29-25-8-4-3-7-24(20)25/h3-4,6-8,10-13,15,17-18,26,28-31H,2,5,9,14,16H2,1H3/b17-15-,22-6-,27-19?. The van der Waals surface area contributed by atoms with E-state index in [0.29, 0.717) is 0 Å². The zero-order valence-corrected chi connectivity index (χ0v) is 17.9. The van der Waals surface area contributed by atoms with Gasteiger partial charge >= 0.3 is 0 Å². The SMILES string of the molecule is CC1=N/C=C\C(Nc2ccc(NCCc3c[nH]c4ccccc34)cc2)=C\CCCC1O. The summed E-state index contributed by atoms with van der Waals surface area (Å²) in [5.74, 6) is 0. The largest absolute Gasteiger partial charge is 0.387 e. The number of nitrogens with one attached hydrogen (secondary N) is 3. The van der Waals surface area contributed by atoms with Crippen molar-refractivity contribution in [1.29, 1.82) is 0 Å². The number of aliphatic imine (C=N–C) groups is 1. The fourth-order valence-electron chi connectivity index (χ4n) is 3.78. The molecule has 5 heteroatoms. The van der Waals surface area contributed by atoms with Crippen molar-refractivity contribution in [2.45, 2.75) is 38.7 Å². The molecule has 1 unspecified atom stereocenters. The lowest BCUT2D eigenvalue weighted by molar-refractivity contribution is 0.227. The Kier molecular flexibility index (Phi) is 6.85. The molecule has 0 bridgehead atoms. The van der Waals surface area contributed by atoms with E-state index in [1.807, 2.05) is 13.0 Å². The Bertz CT molecular complexity index is 1090. The Labute approximate surface area is 183 Å². The van der Waals surface area contributed by atoms with Crippen LogP contribution in [0.25, 0.3) is 10.9 Å². The van der Waals surface area contributed by atoms with Gasteiger partial charge in [0.25, 0.3) is 0 Å². The lowest BCUT2D eigenvalue weighted by Gasteiger charge is -2.12. The van der Waals surface area contributed by atoms with Gasteiger partial charge in [0.2, 0.25) is 0 Å². The van der Waals surface area contributed by atoms with Gasteiger partial charge in [0.1, 0.15) is 0 Å². The molecule has 0 spiro atoms. The molecule has 4 rings (SSSR count). The zero-order valence-electron chi connectivity index (χ0n) is 17.9. The van der Waals surface area contributed by atoms with Crippen LogP contribution in [0.2, 0.25) is 0 Å². The van der Waals surface area contributed by atoms with Gasteiger partial charge < -0.3 is 20.7 Å². The second-order valence-electron chi connectivity index (χ2n) is 7.93. The van der Waals surface area contributed by atoms with E-state index in [1.54, 1.807) is 6.20 Å². The maximum Gasteiger partial charge on any atom is 0.0918 e. The van der Waals surface area contributed by atoms with E-state index < -0.39 is 6.10 Å². The van der Waals surface area contributed by atoms with Gasteiger partial charge in [0.15, 0.2) is 0 Å². The van der Waals surface area contributed by atoms with E-state index in [2.05, 4.69) is 81.4 Å². The number of anilines is 2. The quantitative estimate of drug-likeness (QED) is 0.422. The van der Waals surface area contributed by atoms with E-state index in [0.717, 1.165) is 55.0 Å². The lowest BCUT2D eigenvalue weighted by Crippen LogP contribution is -2.17. The highest BCUT2D eigenvalue weighted by Gasteiger charge is 2.07. The topological polar surface area (TPSA) is 72.4 Å². The van der Waals surface area contributed by atoms with Crippen LogP contribution < -0.4 is 10.6 Å². The summed E-state index contributed by atoms with van der Waals surface area (Å²) in [5, 5.41) is 18.2. The normalized spacial score (nSPS) is 19.9. The average Bonchev–Trinajstić information content (AvgIpc) is 3.20. The molecule has 1 aliphatic heterocycles. The van der Waals surface area contributed by atoms with Crippen molar-refractivity contribution in [2.24, 2.45) is 4.99 Å². The molecule has 1 atom stereocenters. The molecule has 0 fully saturated rings. The Hall–Kier alpha value is -3.31. The summed E-state index contributed by atoms with van der Waals surface area (Å²) in [4.78, 5) is 7.68. The van der Waals surface area contributed by atoms with Crippen molar-refractivity contribution in [3.05, 3.63) is 84.3 Å². The van der Waals surface area contributed by atoms with Gasteiger partial charge in [-0.3, -0.25) is 4.99 Å². The molecule has 4 N–H and O–H groups in total. The van der Waals surface area contributed by atoms with Crippen LogP contribution >= 0.6 is 0 Å². The number of aliphatic hydroxyl groups is 1. The van der Waals surface area contributed by atoms with Gasteiger partial charge in [0.05, 0.1) is 6.10 Å². The number of hydrogen-bond acceptors (Lipinski definition) is 4. The highest BCUT2D eigenvalue weighted by Crippen LogP contribution is 2.20. The molecule has 31 heavy (non-hydrogen) atoms. The number of H-pyrrole nitrogens is 1. The maximum absolute atomic E-state index is 9.98. The summed E-state index contributed by atoms with van der Waals surface area (Å²) < 4.78 is 0. The van der Waals surface area contributed by atoms with Gasteiger partial charge in [-0.1, -0.05) is 24.3 Å². The fourth-order valence-corrected chi connectivity index (χ4v) is 3.78. The zero-order chi connectivity index (χ0) is 21.5. The monoisotopic (exact) mass is 414 g/mol. The predicted octanol–water partition coefficient (Wildman–Crippen LogP) is 5.64. The van der Waals surface area contributed by atoms with Gasteiger partial charge in [-0.15, -0.1) is 0 Å². The van der Waals surface area contributed by atoms with Gasteiger partial charge in [-0.05, 0) is 74.6 Å². The summed E-state index contributed by atoms with van der Waals surface area (Å²) in [6.07, 6.45) is 11.1. The minimum Gasteiger partial charge on any atom is -0.387 e. The Balaban J connectivity index is 1.32. The summed E-state index contributed by atoms with van der Waals surface area (Å²) in [5.41, 5.74) is 6.45. The first-order valence-corrected chi connectivity index (χ1v) is 10.9. The molecule has 1 aromatic heterocycles. The fraction of sp³-hybridized carbons (Fsp3) is 0.269. The van der Waals surface area contributed by atoms with Crippen LogP contribution in [-0.2, 0) is 6.42 Å². The number of aromatic nitrogens is 1. The third kappa shape index (κ3) is 5.64. The van der Waals surface area contributed by atoms with Gasteiger partial charge in [-0.2, -0.15) is 0 Å². The molecule has 1 aliphatic rings. The highest BCUT2D eigenvalue weighted by molar-refractivity contribution is 5.86. The number of aliphatic hydroxyl groups excluding tert-OH is 1. The van der Waals surface area contributed by atoms with Gasteiger partial charge in [0, 0.05) is 52.6 Å². The highest BCUT2D eigenvalue weighted by atomic mass is 16.3. The van der Waals surface area contributed by atoms with Crippen LogP contribution in [-0.4, -0.2) is 28.5 Å². The van der Waals surface area contributed by atoms with Crippen LogP contribution in [0.15, 0.2) is 83.8 Å². The third-order valence-electron chi connectivity index (χ3n) is 5.63. The molecule has 0 saturated carbocycles. The molecule has 2 heterocycles. The van der Waals surface area contributed by atoms with E-state index in [9.17, 15) is 5.11 Å². The Morgan fingerprint density at radius 1 is 1.10 bits per heavy atom. The lowest BCUT2D eigenvalue weighted by atomic mass is 10.1. The molecule has 0 aliphatic carbocycles. The first-order chi connectivity index (χ1) is 15.2. The van der Waals surface area contributed by atoms with Crippen molar-refractivity contribution >= 4 is 28.0 Å². The number of aromatic amines is 1. The van der Waals surface area contributed by atoms with Crippen molar-refractivity contribution in [3.63, 3.8) is 0 Å². The van der Waals surface area contributed by atoms with Crippen LogP contribution in [0, 0.1) is 0 Å². The van der Waals surface area contributed by atoms with Crippen LogP contribution in [0.3, 0.4) is 0 Å². The molecular weight excluding hydrogens is 384 g/mol. The first-order valence-electron chi connectivity index (χ1n) is 10.9. The number of hydrogen-bond donors (Lipinski definition) is 4. The number of rotatable bonds is 6. The smallest absolute Gasteiger partial charge is 0.0918 e. The Morgan fingerprint density at radius 2 is 1.90 bits per heavy atom. The van der Waals surface area contributed by atoms with Gasteiger partial charge in [-0.25, -0.2) is 0 Å². The van der Waals surface area contributed by atoms with E-state index in [4.69, 9.17) is 0 Å². The summed E-state index contributed by atoms with van der Waals surface area (Å²) in [7, 11) is 0. The van der Waals surface area contributed by atoms with Crippen molar-refractivity contribution in [2.75, 3.05) is 17.2 Å². The third-order valence-corrected chi connectivity index (χ3v) is 5.63. The number of para-hydroxylation sites is 1. The minimum absolute atomic E-state index is 0.441. The van der Waals surface area contributed by atoms with Crippen molar-refractivity contribution in [3.8, 4) is 0 Å². The number of nitrogens with zero attached hydrogens (tertiary/aromatic N) is 1. The van der Waals surface area contributed by atoms with E-state index in [1.165, 1.54) is 16.5 Å². The Morgan fingerprint density at radius 3 is 2.77 bits per heavy atom. The molecule has 0 amide bonds. The van der Waals surface area contributed by atoms with Crippen LogP contribution in [0.4, 0.5) is 11.4 Å². The summed E-state index contributed by atoms with van der Waals surface area (Å²) in [6, 6.07) is 16.8. The molecule has 3 aromatic rings.